The summed E-state index contributed by atoms with van der Waals surface area (Å²) in [5.41, 5.74) is 0.626. The van der Waals surface area contributed by atoms with Crippen molar-refractivity contribution in [3.8, 4) is 5.75 Å². The van der Waals surface area contributed by atoms with Crippen molar-refractivity contribution < 1.29 is 22.7 Å². The molecule has 0 aliphatic heterocycles. The van der Waals surface area contributed by atoms with Crippen molar-refractivity contribution in [3.63, 3.8) is 0 Å². The van der Waals surface area contributed by atoms with E-state index in [2.05, 4.69) is 5.32 Å². The van der Waals surface area contributed by atoms with Crippen molar-refractivity contribution in [3.05, 3.63) is 53.1 Å². The molecule has 2 aromatic rings. The van der Waals surface area contributed by atoms with Crippen LogP contribution in [0.5, 0.6) is 5.75 Å². The molecular formula is C20H25ClN2O5S. The number of ether oxygens (including phenoxy) is 2. The van der Waals surface area contributed by atoms with Gasteiger partial charge in [-0.3, -0.25) is 9.10 Å². The zero-order valence-electron chi connectivity index (χ0n) is 16.6. The first-order valence-electron chi connectivity index (χ1n) is 9.09. The Labute approximate surface area is 176 Å². The zero-order chi connectivity index (χ0) is 21.4. The van der Waals surface area contributed by atoms with Gasteiger partial charge < -0.3 is 14.8 Å². The molecule has 158 valence electrons. The quantitative estimate of drug-likeness (QED) is 0.573. The minimum absolute atomic E-state index is 0.119. The summed E-state index contributed by atoms with van der Waals surface area (Å²) in [6, 6.07) is 10.6. The molecule has 0 aliphatic carbocycles. The van der Waals surface area contributed by atoms with E-state index < -0.39 is 10.0 Å². The number of carbonyl (C=O) groups is 1. The van der Waals surface area contributed by atoms with Crippen LogP contribution in [0, 0.1) is 0 Å². The summed E-state index contributed by atoms with van der Waals surface area (Å²) in [6.45, 7) is 3.57. The molecule has 2 aromatic carbocycles. The lowest BCUT2D eigenvalue weighted by atomic mass is 10.2. The Hall–Kier alpha value is -2.29. The number of amides is 1. The number of hydrogen-bond donors (Lipinski definition) is 1. The number of carbonyl (C=O) groups excluding carboxylic acids is 1. The van der Waals surface area contributed by atoms with Crippen LogP contribution in [0.2, 0.25) is 5.02 Å². The third kappa shape index (κ3) is 5.85. The second-order valence-corrected chi connectivity index (χ2v) is 8.50. The normalized spacial score (nSPS) is 11.2. The first kappa shape index (κ1) is 23.0. The van der Waals surface area contributed by atoms with Crippen LogP contribution in [-0.2, 0) is 14.8 Å². The van der Waals surface area contributed by atoms with Crippen LogP contribution in [0.4, 0.5) is 5.69 Å². The van der Waals surface area contributed by atoms with Crippen LogP contribution in [0.1, 0.15) is 23.7 Å². The van der Waals surface area contributed by atoms with E-state index in [0.717, 1.165) is 4.31 Å². The second kappa shape index (κ2) is 10.5. The first-order valence-corrected chi connectivity index (χ1v) is 10.9. The minimum atomic E-state index is -3.79. The van der Waals surface area contributed by atoms with Gasteiger partial charge in [-0.1, -0.05) is 11.6 Å². The van der Waals surface area contributed by atoms with Gasteiger partial charge >= 0.3 is 0 Å². The van der Waals surface area contributed by atoms with Gasteiger partial charge in [0, 0.05) is 26.8 Å². The number of rotatable bonds is 10. The van der Waals surface area contributed by atoms with Gasteiger partial charge in [0.1, 0.15) is 5.75 Å². The Bertz CT molecular complexity index is 932. The third-order valence-corrected chi connectivity index (χ3v) is 6.35. The molecule has 0 unspecified atom stereocenters. The Morgan fingerprint density at radius 3 is 2.45 bits per heavy atom. The molecule has 1 N–H and O–H groups in total. The van der Waals surface area contributed by atoms with E-state index in [1.807, 2.05) is 6.92 Å². The lowest BCUT2D eigenvalue weighted by Crippen LogP contribution is -2.27. The molecule has 1 amide bonds. The van der Waals surface area contributed by atoms with Gasteiger partial charge in [0.2, 0.25) is 0 Å². The van der Waals surface area contributed by atoms with Crippen molar-refractivity contribution in [1.29, 1.82) is 0 Å². The fraction of sp³-hybridized carbons (Fsp3) is 0.350. The van der Waals surface area contributed by atoms with E-state index in [0.29, 0.717) is 37.6 Å². The lowest BCUT2D eigenvalue weighted by Gasteiger charge is -2.20. The van der Waals surface area contributed by atoms with Gasteiger partial charge in [0.05, 0.1) is 28.3 Å². The van der Waals surface area contributed by atoms with Crippen LogP contribution in [0.15, 0.2) is 47.4 Å². The molecule has 0 saturated carbocycles. The number of nitrogens with zero attached hydrogens (tertiary/aromatic N) is 1. The highest BCUT2D eigenvalue weighted by molar-refractivity contribution is 7.92. The van der Waals surface area contributed by atoms with Crippen LogP contribution < -0.4 is 14.4 Å². The number of methoxy groups -OCH3 is 1. The molecule has 0 spiro atoms. The van der Waals surface area contributed by atoms with Crippen molar-refractivity contribution in [2.75, 3.05) is 38.2 Å². The predicted octanol–water partition coefficient (Wildman–Crippen LogP) is 3.33. The lowest BCUT2D eigenvalue weighted by molar-refractivity contribution is 0.0944. The molecule has 0 aliphatic rings. The first-order chi connectivity index (χ1) is 13.8. The maximum atomic E-state index is 12.8. The summed E-state index contributed by atoms with van der Waals surface area (Å²) in [4.78, 5) is 12.4. The molecule has 0 fully saturated rings. The van der Waals surface area contributed by atoms with Gasteiger partial charge in [-0.25, -0.2) is 8.42 Å². The number of anilines is 1. The summed E-state index contributed by atoms with van der Waals surface area (Å²) >= 11 is 6.24. The van der Waals surface area contributed by atoms with E-state index in [1.54, 1.807) is 18.2 Å². The summed E-state index contributed by atoms with van der Waals surface area (Å²) in [5, 5.41) is 2.94. The molecule has 0 heterocycles. The maximum Gasteiger partial charge on any atom is 0.264 e. The van der Waals surface area contributed by atoms with E-state index >= 15 is 0 Å². The van der Waals surface area contributed by atoms with Gasteiger partial charge in [-0.05, 0) is 55.8 Å². The Morgan fingerprint density at radius 2 is 1.86 bits per heavy atom. The Kier molecular flexibility index (Phi) is 8.31. The van der Waals surface area contributed by atoms with E-state index in [4.69, 9.17) is 21.1 Å². The molecule has 0 bridgehead atoms. The molecule has 0 aromatic heterocycles. The molecule has 0 atom stereocenters. The number of halogens is 1. The van der Waals surface area contributed by atoms with E-state index in [-0.39, 0.29) is 21.4 Å². The van der Waals surface area contributed by atoms with Gasteiger partial charge in [-0.15, -0.1) is 0 Å². The highest BCUT2D eigenvalue weighted by atomic mass is 35.5. The fourth-order valence-corrected chi connectivity index (χ4v) is 3.99. The highest BCUT2D eigenvalue weighted by Crippen LogP contribution is 2.28. The smallest absolute Gasteiger partial charge is 0.264 e. The predicted molar refractivity (Wildman–Crippen MR) is 113 cm³/mol. The standard InChI is InChI=1S/C20H25ClN2O5S/c1-4-28-13-5-12-22-20(24)18-11-6-15(14-19(18)21)23(2)29(25,26)17-9-7-16(27-3)8-10-17/h6-11,14H,4-5,12-13H2,1-3H3,(H,22,24). The summed E-state index contributed by atoms with van der Waals surface area (Å²) in [6.07, 6.45) is 0.693. The van der Waals surface area contributed by atoms with Gasteiger partial charge in [0.15, 0.2) is 0 Å². The van der Waals surface area contributed by atoms with Crippen molar-refractivity contribution in [1.82, 2.24) is 5.32 Å². The molecule has 7 nitrogen and oxygen atoms in total. The zero-order valence-corrected chi connectivity index (χ0v) is 18.2. The summed E-state index contributed by atoms with van der Waals surface area (Å²) in [5.74, 6) is 0.241. The van der Waals surface area contributed by atoms with Gasteiger partial charge in [-0.2, -0.15) is 0 Å². The third-order valence-electron chi connectivity index (χ3n) is 4.23. The van der Waals surface area contributed by atoms with Crippen molar-refractivity contribution in [2.24, 2.45) is 0 Å². The van der Waals surface area contributed by atoms with Crippen molar-refractivity contribution in [2.45, 2.75) is 18.2 Å². The largest absolute Gasteiger partial charge is 0.497 e. The van der Waals surface area contributed by atoms with E-state index in [1.165, 1.54) is 38.4 Å². The topological polar surface area (TPSA) is 84.9 Å². The average Bonchev–Trinajstić information content (AvgIpc) is 2.72. The molecule has 9 heteroatoms. The fourth-order valence-electron chi connectivity index (χ4n) is 2.54. The Morgan fingerprint density at radius 1 is 1.17 bits per heavy atom. The van der Waals surface area contributed by atoms with Crippen LogP contribution in [-0.4, -0.2) is 48.2 Å². The highest BCUT2D eigenvalue weighted by Gasteiger charge is 2.22. The summed E-state index contributed by atoms with van der Waals surface area (Å²) < 4.78 is 37.1. The van der Waals surface area contributed by atoms with Crippen molar-refractivity contribution >= 4 is 33.2 Å². The van der Waals surface area contributed by atoms with Crippen LogP contribution in [0.25, 0.3) is 0 Å². The number of benzene rings is 2. The average molecular weight is 441 g/mol. The second-order valence-electron chi connectivity index (χ2n) is 6.12. The monoisotopic (exact) mass is 440 g/mol. The molecule has 2 rings (SSSR count). The van der Waals surface area contributed by atoms with Crippen LogP contribution in [0.3, 0.4) is 0 Å². The molecular weight excluding hydrogens is 416 g/mol. The van der Waals surface area contributed by atoms with Crippen LogP contribution >= 0.6 is 11.6 Å². The number of hydrogen-bond acceptors (Lipinski definition) is 5. The SMILES string of the molecule is CCOCCCNC(=O)c1ccc(N(C)S(=O)(=O)c2ccc(OC)cc2)cc1Cl. The number of sulfonamides is 1. The summed E-state index contributed by atoms with van der Waals surface area (Å²) in [7, 11) is -0.848. The van der Waals surface area contributed by atoms with E-state index in [9.17, 15) is 13.2 Å². The van der Waals surface area contributed by atoms with Gasteiger partial charge in [0.25, 0.3) is 15.9 Å². The maximum absolute atomic E-state index is 12.8. The molecule has 29 heavy (non-hydrogen) atoms. The number of nitrogens with one attached hydrogen (secondary N) is 1. The minimum Gasteiger partial charge on any atom is -0.497 e. The molecule has 0 radical (unpaired) electrons. The Balaban J connectivity index is 2.12. The molecule has 0 saturated heterocycles.